The highest BCUT2D eigenvalue weighted by atomic mass is 19.1. The van der Waals surface area contributed by atoms with Crippen molar-refractivity contribution < 1.29 is 18.7 Å². The molecule has 4 nitrogen and oxygen atoms in total. The summed E-state index contributed by atoms with van der Waals surface area (Å²) in [7, 11) is 1.34. The Bertz CT molecular complexity index is 309. The Balaban J connectivity index is 2.41. The standard InChI is InChI=1S/C12H18FNO3/c1-3-10(15)14-8-12(13)6-4-9(5-7-12)11(16)17-2/h3,9H,1,4-8H2,2H3,(H,14,15). The van der Waals surface area contributed by atoms with Gasteiger partial charge in [0.1, 0.15) is 5.67 Å². The molecule has 1 rings (SSSR count). The van der Waals surface area contributed by atoms with Crippen LogP contribution < -0.4 is 5.32 Å². The quantitative estimate of drug-likeness (QED) is 0.599. The predicted octanol–water partition coefficient (Wildman–Crippen LogP) is 1.36. The number of nitrogens with one attached hydrogen (secondary N) is 1. The highest BCUT2D eigenvalue weighted by Gasteiger charge is 2.38. The number of carbonyl (C=O) groups excluding carboxylic acids is 2. The number of hydrogen-bond acceptors (Lipinski definition) is 3. The summed E-state index contributed by atoms with van der Waals surface area (Å²) in [6, 6.07) is 0. The van der Waals surface area contributed by atoms with Crippen molar-refractivity contribution in [3.8, 4) is 0 Å². The van der Waals surface area contributed by atoms with Crippen molar-refractivity contribution in [2.24, 2.45) is 5.92 Å². The van der Waals surface area contributed by atoms with Crippen molar-refractivity contribution in [3.05, 3.63) is 12.7 Å². The number of methoxy groups -OCH3 is 1. The van der Waals surface area contributed by atoms with Crippen molar-refractivity contribution in [1.82, 2.24) is 5.32 Å². The monoisotopic (exact) mass is 243 g/mol. The molecule has 0 radical (unpaired) electrons. The molecule has 0 heterocycles. The molecule has 1 saturated carbocycles. The number of amides is 1. The van der Waals surface area contributed by atoms with E-state index in [2.05, 4.69) is 16.6 Å². The molecule has 0 aromatic heterocycles. The molecule has 0 unspecified atom stereocenters. The molecular formula is C12H18FNO3. The Hall–Kier alpha value is -1.39. The van der Waals surface area contributed by atoms with Crippen LogP contribution in [0.5, 0.6) is 0 Å². The van der Waals surface area contributed by atoms with Gasteiger partial charge < -0.3 is 10.1 Å². The van der Waals surface area contributed by atoms with Crippen molar-refractivity contribution in [2.45, 2.75) is 31.4 Å². The molecule has 17 heavy (non-hydrogen) atoms. The maximum absolute atomic E-state index is 14.2. The summed E-state index contributed by atoms with van der Waals surface area (Å²) < 4.78 is 18.8. The van der Waals surface area contributed by atoms with E-state index in [4.69, 9.17) is 0 Å². The maximum Gasteiger partial charge on any atom is 0.308 e. The molecule has 1 amide bonds. The zero-order valence-electron chi connectivity index (χ0n) is 10.0. The number of ether oxygens (including phenoxy) is 1. The van der Waals surface area contributed by atoms with E-state index >= 15 is 0 Å². The van der Waals surface area contributed by atoms with Crippen LogP contribution in [0.4, 0.5) is 4.39 Å². The maximum atomic E-state index is 14.2. The van der Waals surface area contributed by atoms with Gasteiger partial charge in [0.15, 0.2) is 0 Å². The van der Waals surface area contributed by atoms with Crippen LogP contribution in [0.15, 0.2) is 12.7 Å². The van der Waals surface area contributed by atoms with E-state index in [1.165, 1.54) is 7.11 Å². The minimum atomic E-state index is -1.41. The molecule has 0 aromatic rings. The van der Waals surface area contributed by atoms with Gasteiger partial charge in [-0.2, -0.15) is 0 Å². The fraction of sp³-hybridized carbons (Fsp3) is 0.667. The van der Waals surface area contributed by atoms with Gasteiger partial charge in [0, 0.05) is 0 Å². The van der Waals surface area contributed by atoms with E-state index < -0.39 is 5.67 Å². The summed E-state index contributed by atoms with van der Waals surface area (Å²) in [5, 5.41) is 2.45. The van der Waals surface area contributed by atoms with Gasteiger partial charge in [0.25, 0.3) is 0 Å². The number of carbonyl (C=O) groups is 2. The second-order valence-corrected chi connectivity index (χ2v) is 4.37. The van der Waals surface area contributed by atoms with Crippen LogP contribution in [-0.2, 0) is 14.3 Å². The van der Waals surface area contributed by atoms with Crippen LogP contribution >= 0.6 is 0 Å². The molecule has 1 aliphatic carbocycles. The third kappa shape index (κ3) is 3.84. The van der Waals surface area contributed by atoms with E-state index in [1.807, 2.05) is 0 Å². The largest absolute Gasteiger partial charge is 0.469 e. The third-order valence-electron chi connectivity index (χ3n) is 3.18. The van der Waals surface area contributed by atoms with Gasteiger partial charge in [-0.3, -0.25) is 9.59 Å². The molecule has 0 bridgehead atoms. The van der Waals surface area contributed by atoms with Crippen molar-refractivity contribution in [1.29, 1.82) is 0 Å². The first-order valence-corrected chi connectivity index (χ1v) is 5.68. The average molecular weight is 243 g/mol. The lowest BCUT2D eigenvalue weighted by atomic mass is 9.80. The molecular weight excluding hydrogens is 225 g/mol. The van der Waals surface area contributed by atoms with Gasteiger partial charge in [-0.15, -0.1) is 0 Å². The number of halogens is 1. The normalized spacial score (nSPS) is 28.2. The van der Waals surface area contributed by atoms with Crippen molar-refractivity contribution in [3.63, 3.8) is 0 Å². The zero-order chi connectivity index (χ0) is 12.9. The first kappa shape index (κ1) is 13.7. The van der Waals surface area contributed by atoms with Crippen LogP contribution in [0.25, 0.3) is 0 Å². The predicted molar refractivity (Wildman–Crippen MR) is 61.0 cm³/mol. The van der Waals surface area contributed by atoms with Crippen LogP contribution in [-0.4, -0.2) is 31.2 Å². The number of alkyl halides is 1. The second-order valence-electron chi connectivity index (χ2n) is 4.37. The molecule has 96 valence electrons. The summed E-state index contributed by atoms with van der Waals surface area (Å²) >= 11 is 0. The van der Waals surface area contributed by atoms with Gasteiger partial charge >= 0.3 is 5.97 Å². The summed E-state index contributed by atoms with van der Waals surface area (Å²) in [6.07, 6.45) is 2.58. The lowest BCUT2D eigenvalue weighted by Gasteiger charge is -2.32. The van der Waals surface area contributed by atoms with Crippen LogP contribution in [0.2, 0.25) is 0 Å². The number of hydrogen-bond donors (Lipinski definition) is 1. The summed E-state index contributed by atoms with van der Waals surface area (Å²) in [5.74, 6) is -0.863. The Kier molecular flexibility index (Phi) is 4.66. The second kappa shape index (κ2) is 5.80. The van der Waals surface area contributed by atoms with Gasteiger partial charge in [0.05, 0.1) is 19.6 Å². The Morgan fingerprint density at radius 3 is 2.59 bits per heavy atom. The van der Waals surface area contributed by atoms with E-state index in [1.54, 1.807) is 0 Å². The molecule has 0 saturated heterocycles. The van der Waals surface area contributed by atoms with E-state index in [0.717, 1.165) is 6.08 Å². The molecule has 1 aliphatic rings. The topological polar surface area (TPSA) is 55.4 Å². The van der Waals surface area contributed by atoms with E-state index in [0.29, 0.717) is 12.8 Å². The average Bonchev–Trinajstić information content (AvgIpc) is 2.36. The Labute approximate surface area is 100 Å². The SMILES string of the molecule is C=CC(=O)NCC1(F)CCC(C(=O)OC)CC1. The fourth-order valence-electron chi connectivity index (χ4n) is 2.03. The number of rotatable bonds is 4. The first-order valence-electron chi connectivity index (χ1n) is 5.68. The first-order chi connectivity index (χ1) is 8.00. The summed E-state index contributed by atoms with van der Waals surface area (Å²) in [5.41, 5.74) is -1.41. The Morgan fingerprint density at radius 2 is 2.12 bits per heavy atom. The molecule has 1 fully saturated rings. The smallest absolute Gasteiger partial charge is 0.308 e. The minimum absolute atomic E-state index is 0.0221. The highest BCUT2D eigenvalue weighted by molar-refractivity contribution is 5.86. The van der Waals surface area contributed by atoms with Crippen molar-refractivity contribution >= 4 is 11.9 Å². The van der Waals surface area contributed by atoms with Crippen molar-refractivity contribution in [2.75, 3.05) is 13.7 Å². The molecule has 0 spiro atoms. The molecule has 1 N–H and O–H groups in total. The highest BCUT2D eigenvalue weighted by Crippen LogP contribution is 2.35. The van der Waals surface area contributed by atoms with E-state index in [9.17, 15) is 14.0 Å². The summed E-state index contributed by atoms with van der Waals surface area (Å²) in [4.78, 5) is 22.2. The molecule has 0 atom stereocenters. The Morgan fingerprint density at radius 1 is 1.53 bits per heavy atom. The van der Waals surface area contributed by atoms with Gasteiger partial charge in [-0.05, 0) is 31.8 Å². The fourth-order valence-corrected chi connectivity index (χ4v) is 2.03. The lowest BCUT2D eigenvalue weighted by molar-refractivity contribution is -0.147. The molecule has 5 heteroatoms. The zero-order valence-corrected chi connectivity index (χ0v) is 10.0. The van der Waals surface area contributed by atoms with Crippen LogP contribution in [0, 0.1) is 5.92 Å². The molecule has 0 aliphatic heterocycles. The van der Waals surface area contributed by atoms with Gasteiger partial charge in [-0.25, -0.2) is 4.39 Å². The number of esters is 1. The van der Waals surface area contributed by atoms with Crippen LogP contribution in [0.1, 0.15) is 25.7 Å². The third-order valence-corrected chi connectivity index (χ3v) is 3.18. The summed E-state index contributed by atoms with van der Waals surface area (Å²) in [6.45, 7) is 3.28. The van der Waals surface area contributed by atoms with Gasteiger partial charge in [-0.1, -0.05) is 6.58 Å². The van der Waals surface area contributed by atoms with E-state index in [-0.39, 0.29) is 37.2 Å². The lowest BCUT2D eigenvalue weighted by Crippen LogP contribution is -2.42. The van der Waals surface area contributed by atoms with Crippen LogP contribution in [0.3, 0.4) is 0 Å². The van der Waals surface area contributed by atoms with Gasteiger partial charge in [0.2, 0.25) is 5.91 Å². The minimum Gasteiger partial charge on any atom is -0.469 e. The molecule has 0 aromatic carbocycles.